The topological polar surface area (TPSA) is 66.5 Å². The Morgan fingerprint density at radius 3 is 2.46 bits per heavy atom. The van der Waals surface area contributed by atoms with Gasteiger partial charge in [0.25, 0.3) is 0 Å². The van der Waals surface area contributed by atoms with E-state index in [1.165, 1.54) is 23.6 Å². The summed E-state index contributed by atoms with van der Waals surface area (Å²) in [4.78, 5) is 12.5. The first kappa shape index (κ1) is 19.8. The standard InChI is InChI=1S/C19H27BrN2O3S/c20-17-6-4-5-15(13-17)14-26(24,25)22-11-9-16(10-12-22)19(23)21-18-7-2-1-3-8-18/h4-6,13,16,18H,1-3,7-12,14H2,(H,21,23). The van der Waals surface area contributed by atoms with Crippen LogP contribution in [0.25, 0.3) is 0 Å². The van der Waals surface area contributed by atoms with Crippen LogP contribution in [-0.4, -0.2) is 37.8 Å². The summed E-state index contributed by atoms with van der Waals surface area (Å²) in [6, 6.07) is 7.70. The number of hydrogen-bond donors (Lipinski definition) is 1. The molecule has 1 aliphatic heterocycles. The maximum Gasteiger partial charge on any atom is 0.223 e. The molecule has 2 fully saturated rings. The molecule has 144 valence electrons. The number of carbonyl (C=O) groups excluding carboxylic acids is 1. The lowest BCUT2D eigenvalue weighted by Crippen LogP contribution is -2.45. The first-order valence-electron chi connectivity index (χ1n) is 9.47. The van der Waals surface area contributed by atoms with Crippen LogP contribution in [0.2, 0.25) is 0 Å². The number of nitrogens with one attached hydrogen (secondary N) is 1. The zero-order chi connectivity index (χ0) is 18.6. The van der Waals surface area contributed by atoms with Crippen LogP contribution in [0, 0.1) is 5.92 Å². The minimum atomic E-state index is -3.35. The second-order valence-corrected chi connectivity index (χ2v) is 10.3. The Morgan fingerprint density at radius 2 is 1.81 bits per heavy atom. The van der Waals surface area contributed by atoms with Gasteiger partial charge in [0.15, 0.2) is 0 Å². The highest BCUT2D eigenvalue weighted by molar-refractivity contribution is 9.10. The number of benzene rings is 1. The van der Waals surface area contributed by atoms with Crippen molar-refractivity contribution in [3.8, 4) is 0 Å². The summed E-state index contributed by atoms with van der Waals surface area (Å²) in [6.45, 7) is 0.859. The van der Waals surface area contributed by atoms with Crippen molar-refractivity contribution in [2.24, 2.45) is 5.92 Å². The SMILES string of the molecule is O=C(NC1CCCCC1)C1CCN(S(=O)(=O)Cc2cccc(Br)c2)CC1. The van der Waals surface area contributed by atoms with Crippen molar-refractivity contribution >= 4 is 31.9 Å². The van der Waals surface area contributed by atoms with E-state index < -0.39 is 10.0 Å². The molecular weight excluding hydrogens is 416 g/mol. The maximum absolute atomic E-state index is 12.7. The van der Waals surface area contributed by atoms with Gasteiger partial charge in [0, 0.05) is 29.5 Å². The van der Waals surface area contributed by atoms with Crippen molar-refractivity contribution in [3.63, 3.8) is 0 Å². The lowest BCUT2D eigenvalue weighted by Gasteiger charge is -2.32. The van der Waals surface area contributed by atoms with Gasteiger partial charge in [-0.3, -0.25) is 4.79 Å². The third-order valence-corrected chi connectivity index (χ3v) is 7.75. The molecule has 1 amide bonds. The van der Waals surface area contributed by atoms with Gasteiger partial charge in [-0.2, -0.15) is 0 Å². The van der Waals surface area contributed by atoms with Crippen LogP contribution >= 0.6 is 15.9 Å². The fourth-order valence-corrected chi connectivity index (χ4v) is 5.89. The number of carbonyl (C=O) groups is 1. The van der Waals surface area contributed by atoms with Crippen molar-refractivity contribution in [3.05, 3.63) is 34.3 Å². The largest absolute Gasteiger partial charge is 0.353 e. The first-order valence-corrected chi connectivity index (χ1v) is 11.9. The Morgan fingerprint density at radius 1 is 1.12 bits per heavy atom. The summed E-state index contributed by atoms with van der Waals surface area (Å²) in [6.07, 6.45) is 7.01. The average molecular weight is 443 g/mol. The minimum Gasteiger partial charge on any atom is -0.353 e. The molecule has 0 bridgehead atoms. The molecule has 0 atom stereocenters. The number of hydrogen-bond acceptors (Lipinski definition) is 3. The number of amides is 1. The lowest BCUT2D eigenvalue weighted by atomic mass is 9.93. The van der Waals surface area contributed by atoms with E-state index in [-0.39, 0.29) is 17.6 Å². The Balaban J connectivity index is 1.51. The highest BCUT2D eigenvalue weighted by Gasteiger charge is 2.32. The summed E-state index contributed by atoms with van der Waals surface area (Å²) in [5, 5.41) is 3.18. The molecule has 7 heteroatoms. The predicted octanol–water partition coefficient (Wildman–Crippen LogP) is 3.44. The third-order valence-electron chi connectivity index (χ3n) is 5.41. The third kappa shape index (κ3) is 5.30. The normalized spacial score (nSPS) is 20.8. The number of nitrogens with zero attached hydrogens (tertiary/aromatic N) is 1. The first-order chi connectivity index (χ1) is 12.4. The Kier molecular flexibility index (Phi) is 6.75. The fraction of sp³-hybridized carbons (Fsp3) is 0.632. The summed E-state index contributed by atoms with van der Waals surface area (Å²) >= 11 is 3.38. The molecule has 0 radical (unpaired) electrons. The van der Waals surface area contributed by atoms with Crippen molar-refractivity contribution in [2.75, 3.05) is 13.1 Å². The highest BCUT2D eigenvalue weighted by atomic mass is 79.9. The molecule has 1 saturated heterocycles. The molecule has 1 aromatic carbocycles. The minimum absolute atomic E-state index is 0.00533. The smallest absolute Gasteiger partial charge is 0.223 e. The zero-order valence-electron chi connectivity index (χ0n) is 15.0. The van der Waals surface area contributed by atoms with E-state index >= 15 is 0 Å². The van der Waals surface area contributed by atoms with E-state index in [1.54, 1.807) is 0 Å². The Labute approximate surface area is 164 Å². The van der Waals surface area contributed by atoms with Gasteiger partial charge in [0.05, 0.1) is 5.75 Å². The van der Waals surface area contributed by atoms with Crippen LogP contribution in [0.1, 0.15) is 50.5 Å². The van der Waals surface area contributed by atoms with E-state index in [0.717, 1.165) is 22.9 Å². The summed E-state index contributed by atoms with van der Waals surface area (Å²) < 4.78 is 27.8. The number of halogens is 1. The molecule has 0 aromatic heterocycles. The molecule has 1 N–H and O–H groups in total. The highest BCUT2D eigenvalue weighted by Crippen LogP contribution is 2.24. The van der Waals surface area contributed by atoms with Gasteiger partial charge in [-0.25, -0.2) is 12.7 Å². The van der Waals surface area contributed by atoms with Crippen molar-refractivity contribution in [1.29, 1.82) is 0 Å². The van der Waals surface area contributed by atoms with Crippen LogP contribution in [0.15, 0.2) is 28.7 Å². The molecule has 1 heterocycles. The Bertz CT molecular complexity index is 724. The van der Waals surface area contributed by atoms with Gasteiger partial charge in [-0.15, -0.1) is 0 Å². The lowest BCUT2D eigenvalue weighted by molar-refractivity contribution is -0.127. The molecule has 26 heavy (non-hydrogen) atoms. The van der Waals surface area contributed by atoms with Crippen LogP contribution in [0.5, 0.6) is 0 Å². The molecule has 1 saturated carbocycles. The second kappa shape index (κ2) is 8.85. The summed E-state index contributed by atoms with van der Waals surface area (Å²) in [7, 11) is -3.35. The second-order valence-electron chi connectivity index (χ2n) is 7.40. The number of sulfonamides is 1. The molecule has 3 rings (SSSR count). The average Bonchev–Trinajstić information content (AvgIpc) is 2.62. The monoisotopic (exact) mass is 442 g/mol. The van der Waals surface area contributed by atoms with Crippen molar-refractivity contribution < 1.29 is 13.2 Å². The van der Waals surface area contributed by atoms with E-state index in [1.807, 2.05) is 24.3 Å². The summed E-state index contributed by atoms with van der Waals surface area (Å²) in [5.41, 5.74) is 0.775. The van der Waals surface area contributed by atoms with Crippen LogP contribution in [0.4, 0.5) is 0 Å². The zero-order valence-corrected chi connectivity index (χ0v) is 17.4. The van der Waals surface area contributed by atoms with Gasteiger partial charge < -0.3 is 5.32 Å². The van der Waals surface area contributed by atoms with E-state index in [2.05, 4.69) is 21.2 Å². The van der Waals surface area contributed by atoms with Gasteiger partial charge in [-0.05, 0) is 43.4 Å². The van der Waals surface area contributed by atoms with E-state index in [4.69, 9.17) is 0 Å². The van der Waals surface area contributed by atoms with Crippen LogP contribution in [0.3, 0.4) is 0 Å². The molecule has 0 spiro atoms. The molecule has 1 aliphatic carbocycles. The van der Waals surface area contributed by atoms with Crippen molar-refractivity contribution in [1.82, 2.24) is 9.62 Å². The molecule has 5 nitrogen and oxygen atoms in total. The maximum atomic E-state index is 12.7. The van der Waals surface area contributed by atoms with Gasteiger partial charge >= 0.3 is 0 Å². The summed E-state index contributed by atoms with van der Waals surface area (Å²) in [5.74, 6) is 0.0564. The quantitative estimate of drug-likeness (QED) is 0.758. The van der Waals surface area contributed by atoms with Crippen LogP contribution in [-0.2, 0) is 20.6 Å². The number of rotatable bonds is 5. The predicted molar refractivity (Wildman–Crippen MR) is 106 cm³/mol. The van der Waals surface area contributed by atoms with Crippen LogP contribution < -0.4 is 5.32 Å². The molecule has 2 aliphatic rings. The van der Waals surface area contributed by atoms with Crippen molar-refractivity contribution in [2.45, 2.75) is 56.7 Å². The molecular formula is C19H27BrN2O3S. The Hall–Kier alpha value is -0.920. The number of piperidine rings is 1. The van der Waals surface area contributed by atoms with Gasteiger partial charge in [0.1, 0.15) is 0 Å². The van der Waals surface area contributed by atoms with E-state index in [9.17, 15) is 13.2 Å². The van der Waals surface area contributed by atoms with Gasteiger partial charge in [0.2, 0.25) is 15.9 Å². The van der Waals surface area contributed by atoms with E-state index in [0.29, 0.717) is 32.0 Å². The fourth-order valence-electron chi connectivity index (χ4n) is 3.89. The van der Waals surface area contributed by atoms with Gasteiger partial charge in [-0.1, -0.05) is 47.3 Å². The molecule has 0 unspecified atom stereocenters. The molecule has 1 aromatic rings.